The Hall–Kier alpha value is -1.55. The van der Waals surface area contributed by atoms with Crippen molar-refractivity contribution in [3.05, 3.63) is 29.8 Å². The molecular weight excluding hydrogens is 218 g/mol. The number of methoxy groups -OCH3 is 1. The van der Waals surface area contributed by atoms with Crippen LogP contribution in [0.15, 0.2) is 24.3 Å². The Labute approximate surface area is 101 Å². The molecule has 1 aliphatic heterocycles. The van der Waals surface area contributed by atoms with Crippen LogP contribution >= 0.6 is 0 Å². The number of carbonyl (C=O) groups is 1. The van der Waals surface area contributed by atoms with Crippen LogP contribution in [0.1, 0.15) is 18.4 Å². The molecule has 2 N–H and O–H groups in total. The summed E-state index contributed by atoms with van der Waals surface area (Å²) in [5.41, 5.74) is 1.16. The molecule has 2 atom stereocenters. The van der Waals surface area contributed by atoms with Crippen molar-refractivity contribution in [1.29, 1.82) is 0 Å². The van der Waals surface area contributed by atoms with E-state index < -0.39 is 0 Å². The largest absolute Gasteiger partial charge is 0.508 e. The first-order valence-corrected chi connectivity index (χ1v) is 5.81. The molecule has 1 aliphatic rings. The highest BCUT2D eigenvalue weighted by atomic mass is 16.5. The Balaban J connectivity index is 1.89. The molecule has 0 aliphatic carbocycles. The number of benzene rings is 1. The average molecular weight is 235 g/mol. The lowest BCUT2D eigenvalue weighted by Gasteiger charge is -2.12. The van der Waals surface area contributed by atoms with Gasteiger partial charge in [-0.05, 0) is 37.0 Å². The van der Waals surface area contributed by atoms with Gasteiger partial charge in [0.2, 0.25) is 0 Å². The smallest absolute Gasteiger partial charge is 0.322 e. The second kappa shape index (κ2) is 5.19. The van der Waals surface area contributed by atoms with Gasteiger partial charge in [0.05, 0.1) is 7.11 Å². The van der Waals surface area contributed by atoms with E-state index >= 15 is 0 Å². The van der Waals surface area contributed by atoms with Crippen LogP contribution in [0.4, 0.5) is 0 Å². The first-order valence-electron chi connectivity index (χ1n) is 5.81. The Morgan fingerprint density at radius 3 is 2.76 bits per heavy atom. The number of aromatic hydroxyl groups is 1. The fourth-order valence-electron chi connectivity index (χ4n) is 2.22. The minimum atomic E-state index is -0.182. The third kappa shape index (κ3) is 2.97. The van der Waals surface area contributed by atoms with E-state index in [0.29, 0.717) is 6.04 Å². The minimum absolute atomic E-state index is 0.165. The lowest BCUT2D eigenvalue weighted by molar-refractivity contribution is -0.142. The van der Waals surface area contributed by atoms with E-state index in [0.717, 1.165) is 24.8 Å². The summed E-state index contributed by atoms with van der Waals surface area (Å²) in [4.78, 5) is 11.3. The molecule has 4 heteroatoms. The van der Waals surface area contributed by atoms with Gasteiger partial charge in [0.15, 0.2) is 0 Å². The number of hydrogen-bond acceptors (Lipinski definition) is 4. The maximum Gasteiger partial charge on any atom is 0.322 e. The first kappa shape index (κ1) is 11.9. The summed E-state index contributed by atoms with van der Waals surface area (Å²) in [5.74, 6) is 0.0961. The molecule has 92 valence electrons. The van der Waals surface area contributed by atoms with Crippen LogP contribution in [0.25, 0.3) is 0 Å². The van der Waals surface area contributed by atoms with Gasteiger partial charge in [0.25, 0.3) is 0 Å². The van der Waals surface area contributed by atoms with Gasteiger partial charge in [-0.2, -0.15) is 0 Å². The molecule has 17 heavy (non-hydrogen) atoms. The van der Waals surface area contributed by atoms with Crippen molar-refractivity contribution in [2.24, 2.45) is 0 Å². The van der Waals surface area contributed by atoms with Crippen molar-refractivity contribution < 1.29 is 14.6 Å². The quantitative estimate of drug-likeness (QED) is 0.774. The lowest BCUT2D eigenvalue weighted by Crippen LogP contribution is -2.37. The van der Waals surface area contributed by atoms with Gasteiger partial charge in [-0.15, -0.1) is 0 Å². The fraction of sp³-hybridized carbons (Fsp3) is 0.462. The molecule has 0 radical (unpaired) electrons. The molecule has 0 spiro atoms. The zero-order valence-corrected chi connectivity index (χ0v) is 9.85. The number of phenols is 1. The van der Waals surface area contributed by atoms with Crippen molar-refractivity contribution in [2.75, 3.05) is 7.11 Å². The molecule has 0 aromatic heterocycles. The summed E-state index contributed by atoms with van der Waals surface area (Å²) in [6.45, 7) is 0. The summed E-state index contributed by atoms with van der Waals surface area (Å²) in [6, 6.07) is 7.32. The van der Waals surface area contributed by atoms with Crippen molar-refractivity contribution in [1.82, 2.24) is 5.32 Å². The molecule has 1 saturated heterocycles. The van der Waals surface area contributed by atoms with Crippen LogP contribution in [-0.4, -0.2) is 30.3 Å². The Bertz CT molecular complexity index is 388. The molecule has 0 bridgehead atoms. The van der Waals surface area contributed by atoms with Crippen LogP contribution in [0, 0.1) is 0 Å². The summed E-state index contributed by atoms with van der Waals surface area (Å²) in [5, 5.41) is 12.5. The highest BCUT2D eigenvalue weighted by Crippen LogP contribution is 2.18. The number of rotatable bonds is 3. The maximum absolute atomic E-state index is 11.3. The van der Waals surface area contributed by atoms with Gasteiger partial charge in [-0.3, -0.25) is 4.79 Å². The van der Waals surface area contributed by atoms with Crippen LogP contribution in [-0.2, 0) is 16.0 Å². The molecule has 1 aromatic rings. The van der Waals surface area contributed by atoms with Gasteiger partial charge < -0.3 is 15.2 Å². The van der Waals surface area contributed by atoms with Crippen molar-refractivity contribution in [3.8, 4) is 5.75 Å². The van der Waals surface area contributed by atoms with Crippen molar-refractivity contribution in [3.63, 3.8) is 0 Å². The van der Waals surface area contributed by atoms with Crippen molar-refractivity contribution >= 4 is 5.97 Å². The van der Waals surface area contributed by atoms with Crippen molar-refractivity contribution in [2.45, 2.75) is 31.3 Å². The van der Waals surface area contributed by atoms with Crippen LogP contribution in [0.2, 0.25) is 0 Å². The van der Waals surface area contributed by atoms with Crippen LogP contribution in [0.3, 0.4) is 0 Å². The first-order chi connectivity index (χ1) is 8.19. The second-order valence-electron chi connectivity index (χ2n) is 4.39. The molecule has 0 saturated carbocycles. The van der Waals surface area contributed by atoms with Crippen LogP contribution in [0.5, 0.6) is 5.75 Å². The van der Waals surface area contributed by atoms with E-state index in [9.17, 15) is 9.90 Å². The average Bonchev–Trinajstić information content (AvgIpc) is 2.80. The predicted octanol–water partition coefficient (Wildman–Crippen LogP) is 1.23. The normalized spacial score (nSPS) is 23.6. The molecule has 0 amide bonds. The summed E-state index contributed by atoms with van der Waals surface area (Å²) >= 11 is 0. The third-order valence-corrected chi connectivity index (χ3v) is 3.14. The molecule has 1 aromatic carbocycles. The van der Waals surface area contributed by atoms with Gasteiger partial charge >= 0.3 is 5.97 Å². The number of phenolic OH excluding ortho intramolecular Hbond substituents is 1. The van der Waals surface area contributed by atoms with Crippen LogP contribution < -0.4 is 5.32 Å². The zero-order valence-electron chi connectivity index (χ0n) is 9.85. The molecule has 2 unspecified atom stereocenters. The fourth-order valence-corrected chi connectivity index (χ4v) is 2.22. The highest BCUT2D eigenvalue weighted by Gasteiger charge is 2.29. The van der Waals surface area contributed by atoms with Gasteiger partial charge in [0.1, 0.15) is 11.8 Å². The number of carbonyl (C=O) groups excluding carboxylic acids is 1. The predicted molar refractivity (Wildman–Crippen MR) is 63.8 cm³/mol. The SMILES string of the molecule is COC(=O)C1CCC(Cc2ccc(O)cc2)N1. The van der Waals surface area contributed by atoms with E-state index in [-0.39, 0.29) is 17.8 Å². The van der Waals surface area contributed by atoms with E-state index in [2.05, 4.69) is 5.32 Å². The minimum Gasteiger partial charge on any atom is -0.508 e. The molecule has 1 fully saturated rings. The highest BCUT2D eigenvalue weighted by molar-refractivity contribution is 5.76. The third-order valence-electron chi connectivity index (χ3n) is 3.14. The second-order valence-corrected chi connectivity index (χ2v) is 4.39. The number of nitrogens with one attached hydrogen (secondary N) is 1. The Kier molecular flexibility index (Phi) is 3.64. The topological polar surface area (TPSA) is 58.6 Å². The monoisotopic (exact) mass is 235 g/mol. The number of esters is 1. The van der Waals surface area contributed by atoms with E-state index in [4.69, 9.17) is 4.74 Å². The van der Waals surface area contributed by atoms with Gasteiger partial charge in [-0.1, -0.05) is 12.1 Å². The Morgan fingerprint density at radius 2 is 2.12 bits per heavy atom. The Morgan fingerprint density at radius 1 is 1.41 bits per heavy atom. The van der Waals surface area contributed by atoms with Gasteiger partial charge in [0, 0.05) is 6.04 Å². The lowest BCUT2D eigenvalue weighted by atomic mass is 10.0. The van der Waals surface area contributed by atoms with E-state index in [1.165, 1.54) is 7.11 Å². The zero-order chi connectivity index (χ0) is 12.3. The standard InChI is InChI=1S/C13H17NO3/c1-17-13(16)12-7-4-10(14-12)8-9-2-5-11(15)6-3-9/h2-3,5-6,10,12,14-15H,4,7-8H2,1H3. The number of ether oxygens (including phenoxy) is 1. The van der Waals surface area contributed by atoms with E-state index in [1.807, 2.05) is 12.1 Å². The molecule has 2 rings (SSSR count). The number of hydrogen-bond donors (Lipinski definition) is 2. The summed E-state index contributed by atoms with van der Waals surface area (Å²) in [6.07, 6.45) is 2.67. The molecule has 4 nitrogen and oxygen atoms in total. The summed E-state index contributed by atoms with van der Waals surface area (Å²) < 4.78 is 4.71. The summed E-state index contributed by atoms with van der Waals surface area (Å²) in [7, 11) is 1.41. The maximum atomic E-state index is 11.3. The molecule has 1 heterocycles. The van der Waals surface area contributed by atoms with Gasteiger partial charge in [-0.25, -0.2) is 0 Å². The van der Waals surface area contributed by atoms with E-state index in [1.54, 1.807) is 12.1 Å². The molecular formula is C13H17NO3.